The number of ether oxygens (including phenoxy) is 1. The smallest absolute Gasteiger partial charge is 0.410 e. The van der Waals surface area contributed by atoms with Crippen LogP contribution >= 0.6 is 15.9 Å². The Morgan fingerprint density at radius 1 is 1.08 bits per heavy atom. The molecule has 0 aliphatic carbocycles. The third-order valence-corrected chi connectivity index (χ3v) is 6.37. The molecule has 0 bridgehead atoms. The average Bonchev–Trinajstić information content (AvgIpc) is 3.45. The lowest BCUT2D eigenvalue weighted by atomic mass is 9.94. The molecule has 1 saturated heterocycles. The molecule has 220 valence electrons. The summed E-state index contributed by atoms with van der Waals surface area (Å²) in [5.41, 5.74) is 3.84. The van der Waals surface area contributed by atoms with E-state index >= 15 is 0 Å². The second-order valence-corrected chi connectivity index (χ2v) is 12.7. The van der Waals surface area contributed by atoms with E-state index in [1.165, 1.54) is 17.7 Å². The van der Waals surface area contributed by atoms with Gasteiger partial charge in [0, 0.05) is 36.1 Å². The zero-order valence-electron chi connectivity index (χ0n) is 26.8. The number of carbonyl (C=O) groups is 2. The largest absolute Gasteiger partial charge is 0.444 e. The van der Waals surface area contributed by atoms with E-state index in [1.807, 2.05) is 52.5 Å². The van der Waals surface area contributed by atoms with E-state index in [0.29, 0.717) is 17.8 Å². The number of hydrogen-bond donors (Lipinski definition) is 0. The van der Waals surface area contributed by atoms with Crippen LogP contribution in [-0.4, -0.2) is 41.2 Å². The molecule has 0 radical (unpaired) electrons. The van der Waals surface area contributed by atoms with Crippen LogP contribution in [0.2, 0.25) is 0 Å². The van der Waals surface area contributed by atoms with Crippen molar-refractivity contribution in [1.82, 2.24) is 4.90 Å². The van der Waals surface area contributed by atoms with Crippen LogP contribution in [0.15, 0.2) is 27.7 Å². The number of benzene rings is 1. The van der Waals surface area contributed by atoms with Crippen LogP contribution < -0.4 is 0 Å². The molecule has 1 aromatic carbocycles. The van der Waals surface area contributed by atoms with Gasteiger partial charge in [0.05, 0.1) is 5.69 Å². The number of carbonyl (C=O) groups excluding carboxylic acids is 2. The number of aliphatic imine (C=N–C) groups is 1. The molecule has 38 heavy (non-hydrogen) atoms. The van der Waals surface area contributed by atoms with E-state index in [2.05, 4.69) is 74.6 Å². The quantitative estimate of drug-likeness (QED) is 0.341. The minimum absolute atomic E-state index is 0.159. The molecule has 2 heterocycles. The summed E-state index contributed by atoms with van der Waals surface area (Å²) in [5.74, 6) is 0.924. The Balaban J connectivity index is 0. The fourth-order valence-corrected chi connectivity index (χ4v) is 3.39. The number of hydrogen-bond acceptors (Lipinski definition) is 4. The Morgan fingerprint density at radius 2 is 1.61 bits per heavy atom. The first-order chi connectivity index (χ1) is 17.5. The molecule has 1 atom stereocenters. The Kier molecular flexibility index (Phi) is 19.6. The van der Waals surface area contributed by atoms with Crippen molar-refractivity contribution in [2.75, 3.05) is 13.1 Å². The first-order valence-corrected chi connectivity index (χ1v) is 15.1. The fraction of sp³-hybridized carbons (Fsp3) is 0.719. The number of rotatable bonds is 2. The fourth-order valence-electron chi connectivity index (χ4n) is 2.98. The van der Waals surface area contributed by atoms with E-state index < -0.39 is 0 Å². The van der Waals surface area contributed by atoms with Gasteiger partial charge in [0.25, 0.3) is 0 Å². The molecule has 0 aromatic heterocycles. The van der Waals surface area contributed by atoms with Crippen molar-refractivity contribution >= 4 is 39.2 Å². The van der Waals surface area contributed by atoms with Crippen molar-refractivity contribution in [2.45, 2.75) is 128 Å². The molecule has 1 fully saturated rings. The van der Waals surface area contributed by atoms with Crippen molar-refractivity contribution in [3.8, 4) is 0 Å². The van der Waals surface area contributed by atoms with E-state index in [1.54, 1.807) is 6.92 Å². The van der Waals surface area contributed by atoms with Gasteiger partial charge in [0.15, 0.2) is 0 Å². The van der Waals surface area contributed by atoms with Gasteiger partial charge in [-0.3, -0.25) is 4.99 Å². The molecule has 0 spiro atoms. The number of likely N-dealkylation sites (tertiary alicyclic amines) is 1. The van der Waals surface area contributed by atoms with Gasteiger partial charge in [-0.2, -0.15) is 0 Å². The normalized spacial score (nSPS) is 15.6. The number of Topliss-reactive ketones (excluding diaryl/α,β-unsaturated/α-hetero) is 1. The lowest BCUT2D eigenvalue weighted by molar-refractivity contribution is -0.116. The average molecular weight is 598 g/mol. The third kappa shape index (κ3) is 19.4. The van der Waals surface area contributed by atoms with E-state index in [9.17, 15) is 9.59 Å². The second-order valence-electron chi connectivity index (χ2n) is 11.8. The van der Waals surface area contributed by atoms with Crippen LogP contribution in [0.25, 0.3) is 0 Å². The van der Waals surface area contributed by atoms with Crippen LogP contribution in [0.5, 0.6) is 0 Å². The zero-order valence-corrected chi connectivity index (χ0v) is 28.3. The van der Waals surface area contributed by atoms with Gasteiger partial charge in [-0.15, -0.1) is 0 Å². The maximum absolute atomic E-state index is 11.6. The minimum Gasteiger partial charge on any atom is -0.444 e. The van der Waals surface area contributed by atoms with Crippen LogP contribution in [0, 0.1) is 11.3 Å². The first-order valence-electron chi connectivity index (χ1n) is 14.3. The van der Waals surface area contributed by atoms with Gasteiger partial charge in [-0.25, -0.2) is 4.79 Å². The van der Waals surface area contributed by atoms with Crippen LogP contribution in [0.4, 0.5) is 10.5 Å². The summed E-state index contributed by atoms with van der Waals surface area (Å²) in [6.45, 7) is 28.0. The molecule has 1 unspecified atom stereocenters. The highest BCUT2D eigenvalue weighted by atomic mass is 79.9. The highest BCUT2D eigenvalue weighted by Crippen LogP contribution is 2.29. The molecule has 0 N–H and O–H groups in total. The van der Waals surface area contributed by atoms with Crippen molar-refractivity contribution in [3.63, 3.8) is 0 Å². The molecule has 2 aliphatic heterocycles. The molecular weight excluding hydrogens is 540 g/mol. The topological polar surface area (TPSA) is 59.0 Å². The zero-order chi connectivity index (χ0) is 30.1. The third-order valence-electron chi connectivity index (χ3n) is 5.87. The summed E-state index contributed by atoms with van der Waals surface area (Å²) < 4.78 is 6.44. The molecule has 2 aliphatic rings. The monoisotopic (exact) mass is 596 g/mol. The highest BCUT2D eigenvalue weighted by Gasteiger charge is 2.28. The maximum Gasteiger partial charge on any atom is 0.410 e. The standard InChI is InChI=1S/C11H21NO2.C9H8BrN.C6H14.C4H8O.C2H6/c1-5-9-6-7-12(8-9)10(13)14-11(2,3)4;1-6-4-7-5-8(10)2-3-9(7)11-6;1-5-6(2,3)4;1-3-4(2)5;1-2/h9H,5-8H2,1-4H3;2-3,5H,4H2,1H3;5H2,1-4H3;3H2,1-2H3;1-2H3. The first kappa shape index (κ1) is 38.5. The summed E-state index contributed by atoms with van der Waals surface area (Å²) in [4.78, 5) is 27.6. The lowest BCUT2D eigenvalue weighted by Gasteiger charge is -2.24. The number of halogens is 1. The Hall–Kier alpha value is -1.69. The minimum atomic E-state index is -0.374. The number of amides is 1. The lowest BCUT2D eigenvalue weighted by Crippen LogP contribution is -2.35. The Bertz CT molecular complexity index is 851. The number of nitrogens with zero attached hydrogens (tertiary/aromatic N) is 2. The summed E-state index contributed by atoms with van der Waals surface area (Å²) in [5, 5.41) is 0. The number of ketones is 1. The molecule has 1 aromatic rings. The van der Waals surface area contributed by atoms with Gasteiger partial charge >= 0.3 is 6.09 Å². The van der Waals surface area contributed by atoms with Gasteiger partial charge in [0.2, 0.25) is 0 Å². The Labute approximate surface area is 243 Å². The Morgan fingerprint density at radius 3 is 2.00 bits per heavy atom. The van der Waals surface area contributed by atoms with Gasteiger partial charge < -0.3 is 14.4 Å². The SMILES string of the molecule is CC.CC1=Nc2ccc(Br)cc2C1.CCC(C)(C)C.CCC(C)=O.CCC1CCN(C(=O)OC(C)(C)C)C1. The molecule has 1 amide bonds. The van der Waals surface area contributed by atoms with E-state index in [-0.39, 0.29) is 17.5 Å². The second kappa shape index (κ2) is 19.4. The molecule has 0 saturated carbocycles. The summed E-state index contributed by atoms with van der Waals surface area (Å²) in [6.07, 6.45) is 5.06. The van der Waals surface area contributed by atoms with Crippen LogP contribution in [0.3, 0.4) is 0 Å². The van der Waals surface area contributed by atoms with E-state index in [4.69, 9.17) is 4.74 Å². The summed E-state index contributed by atoms with van der Waals surface area (Å²) in [6, 6.07) is 6.21. The molecule has 5 nitrogen and oxygen atoms in total. The molecule has 3 rings (SSSR count). The molecular formula is C32H57BrN2O3. The number of fused-ring (bicyclic) bond motifs is 1. The van der Waals surface area contributed by atoms with Crippen molar-refractivity contribution in [3.05, 3.63) is 28.2 Å². The molecule has 6 heteroatoms. The summed E-state index contributed by atoms with van der Waals surface area (Å²) in [7, 11) is 0. The van der Waals surface area contributed by atoms with Gasteiger partial charge in [0.1, 0.15) is 11.4 Å². The predicted molar refractivity (Wildman–Crippen MR) is 169 cm³/mol. The van der Waals surface area contributed by atoms with Gasteiger partial charge in [-0.05, 0) is 76.1 Å². The predicted octanol–water partition coefficient (Wildman–Crippen LogP) is 10.2. The van der Waals surface area contributed by atoms with Crippen molar-refractivity contribution in [2.24, 2.45) is 16.3 Å². The van der Waals surface area contributed by atoms with Crippen molar-refractivity contribution < 1.29 is 14.3 Å². The van der Waals surface area contributed by atoms with Crippen LogP contribution in [-0.2, 0) is 16.0 Å². The maximum atomic E-state index is 11.6. The van der Waals surface area contributed by atoms with Crippen molar-refractivity contribution in [1.29, 1.82) is 0 Å². The summed E-state index contributed by atoms with van der Waals surface area (Å²) >= 11 is 3.43. The highest BCUT2D eigenvalue weighted by molar-refractivity contribution is 9.10. The van der Waals surface area contributed by atoms with E-state index in [0.717, 1.165) is 42.5 Å². The van der Waals surface area contributed by atoms with Crippen LogP contribution in [0.1, 0.15) is 121 Å². The van der Waals surface area contributed by atoms with Gasteiger partial charge in [-0.1, -0.05) is 84.2 Å².